The van der Waals surface area contributed by atoms with E-state index in [4.69, 9.17) is 28.2 Å². The molecule has 0 atom stereocenters. The number of aromatic nitrogens is 4. The van der Waals surface area contributed by atoms with Gasteiger partial charge in [-0.15, -0.1) is 10.2 Å². The molecule has 4 rings (SSSR count). The number of fused-ring (bicyclic) bond motifs is 3. The van der Waals surface area contributed by atoms with Gasteiger partial charge in [0.2, 0.25) is 0 Å². The molecular weight excluding hydrogens is 395 g/mol. The summed E-state index contributed by atoms with van der Waals surface area (Å²) in [6.07, 6.45) is 0. The van der Waals surface area contributed by atoms with Crippen LogP contribution in [0.25, 0.3) is 5.69 Å². The lowest BCUT2D eigenvalue weighted by atomic mass is 10.1. The monoisotopic (exact) mass is 414 g/mol. The van der Waals surface area contributed by atoms with Gasteiger partial charge in [0.15, 0.2) is 11.6 Å². The smallest absolute Gasteiger partial charge is 0.159 e. The van der Waals surface area contributed by atoms with Crippen molar-refractivity contribution in [3.8, 4) is 5.69 Å². The van der Waals surface area contributed by atoms with E-state index in [1.54, 1.807) is 6.07 Å². The Morgan fingerprint density at radius 3 is 2.57 bits per heavy atom. The SMILES string of the molecule is CCN(CC)Cc1nnc2n1-c1ccc(Cl)nc1C(c1ccccc1Cl)=NC2. The van der Waals surface area contributed by atoms with Crippen molar-refractivity contribution in [1.82, 2.24) is 24.6 Å². The Bertz CT molecular complexity index is 1040. The lowest BCUT2D eigenvalue weighted by Crippen LogP contribution is -2.24. The number of pyridine rings is 1. The fourth-order valence-corrected chi connectivity index (χ4v) is 3.73. The third-order valence-corrected chi connectivity index (χ3v) is 5.41. The number of hydrogen-bond donors (Lipinski definition) is 0. The van der Waals surface area contributed by atoms with Gasteiger partial charge in [0.05, 0.1) is 23.0 Å². The second kappa shape index (κ2) is 7.99. The standard InChI is InChI=1S/C20H20Cl2N6/c1-3-27(4-2)12-18-26-25-17-11-23-19(13-7-5-6-8-14(13)21)20-15(28(17)18)9-10-16(22)24-20/h5-10H,3-4,11-12H2,1-2H3. The maximum atomic E-state index is 6.46. The summed E-state index contributed by atoms with van der Waals surface area (Å²) in [5, 5.41) is 9.85. The first kappa shape index (κ1) is 19.1. The molecule has 0 aliphatic carbocycles. The van der Waals surface area contributed by atoms with Crippen LogP contribution >= 0.6 is 23.2 Å². The van der Waals surface area contributed by atoms with Gasteiger partial charge in [-0.3, -0.25) is 14.5 Å². The molecule has 0 radical (unpaired) electrons. The molecule has 0 N–H and O–H groups in total. The number of nitrogens with zero attached hydrogens (tertiary/aromatic N) is 6. The van der Waals surface area contributed by atoms with Gasteiger partial charge in [-0.25, -0.2) is 4.98 Å². The van der Waals surface area contributed by atoms with Crippen molar-refractivity contribution in [3.05, 3.63) is 69.5 Å². The molecule has 0 saturated heterocycles. The van der Waals surface area contributed by atoms with Crippen molar-refractivity contribution in [1.29, 1.82) is 0 Å². The molecule has 0 saturated carbocycles. The second-order valence-corrected chi connectivity index (χ2v) is 7.27. The molecule has 1 aliphatic rings. The third-order valence-electron chi connectivity index (χ3n) is 4.87. The Morgan fingerprint density at radius 1 is 1.04 bits per heavy atom. The molecule has 0 fully saturated rings. The van der Waals surface area contributed by atoms with Crippen molar-refractivity contribution in [3.63, 3.8) is 0 Å². The van der Waals surface area contributed by atoms with Gasteiger partial charge in [0, 0.05) is 5.56 Å². The van der Waals surface area contributed by atoms with Gasteiger partial charge < -0.3 is 0 Å². The van der Waals surface area contributed by atoms with Crippen LogP contribution in [0.1, 0.15) is 36.8 Å². The lowest BCUT2D eigenvalue weighted by molar-refractivity contribution is 0.286. The average Bonchev–Trinajstić information content (AvgIpc) is 3.02. The Kier molecular flexibility index (Phi) is 5.44. The molecule has 0 unspecified atom stereocenters. The molecule has 2 aromatic heterocycles. The van der Waals surface area contributed by atoms with E-state index < -0.39 is 0 Å². The zero-order valence-corrected chi connectivity index (χ0v) is 17.2. The van der Waals surface area contributed by atoms with Crippen LogP contribution in [-0.4, -0.2) is 43.4 Å². The Labute approximate surface area is 173 Å². The Morgan fingerprint density at radius 2 is 1.82 bits per heavy atom. The van der Waals surface area contributed by atoms with E-state index in [-0.39, 0.29) is 0 Å². The highest BCUT2D eigenvalue weighted by molar-refractivity contribution is 6.35. The fraction of sp³-hybridized carbons (Fsp3) is 0.300. The summed E-state index contributed by atoms with van der Waals surface area (Å²) < 4.78 is 2.05. The van der Waals surface area contributed by atoms with E-state index in [2.05, 4.69) is 33.9 Å². The van der Waals surface area contributed by atoms with Crippen LogP contribution in [0.3, 0.4) is 0 Å². The van der Waals surface area contributed by atoms with Gasteiger partial charge in [-0.05, 0) is 31.3 Å². The number of hydrogen-bond acceptors (Lipinski definition) is 5. The van der Waals surface area contributed by atoms with E-state index in [1.165, 1.54) is 0 Å². The number of halogens is 2. The zero-order valence-electron chi connectivity index (χ0n) is 15.7. The summed E-state index contributed by atoms with van der Waals surface area (Å²) in [7, 11) is 0. The summed E-state index contributed by atoms with van der Waals surface area (Å²) in [4.78, 5) is 11.7. The van der Waals surface area contributed by atoms with E-state index in [0.717, 1.165) is 36.0 Å². The quantitative estimate of drug-likeness (QED) is 0.587. The zero-order chi connectivity index (χ0) is 19.7. The first-order valence-corrected chi connectivity index (χ1v) is 10.00. The summed E-state index contributed by atoms with van der Waals surface area (Å²) in [5.74, 6) is 1.63. The molecule has 3 aromatic rings. The molecule has 0 amide bonds. The van der Waals surface area contributed by atoms with Crippen molar-refractivity contribution in [2.75, 3.05) is 13.1 Å². The van der Waals surface area contributed by atoms with Crippen molar-refractivity contribution >= 4 is 28.9 Å². The lowest BCUT2D eigenvalue weighted by Gasteiger charge is -2.19. The fourth-order valence-electron chi connectivity index (χ4n) is 3.36. The van der Waals surface area contributed by atoms with Crippen LogP contribution in [0.5, 0.6) is 0 Å². The predicted molar refractivity (Wildman–Crippen MR) is 112 cm³/mol. The van der Waals surface area contributed by atoms with Crippen LogP contribution in [0.2, 0.25) is 10.2 Å². The number of rotatable bonds is 5. The van der Waals surface area contributed by atoms with E-state index in [1.807, 2.05) is 34.9 Å². The van der Waals surface area contributed by atoms with E-state index in [9.17, 15) is 0 Å². The van der Waals surface area contributed by atoms with Gasteiger partial charge >= 0.3 is 0 Å². The first-order chi connectivity index (χ1) is 13.6. The van der Waals surface area contributed by atoms with Crippen LogP contribution in [0, 0.1) is 0 Å². The van der Waals surface area contributed by atoms with Gasteiger partial charge in [0.25, 0.3) is 0 Å². The minimum Gasteiger partial charge on any atom is -0.296 e. The van der Waals surface area contributed by atoms with Crippen molar-refractivity contribution < 1.29 is 0 Å². The third kappa shape index (κ3) is 3.43. The molecule has 28 heavy (non-hydrogen) atoms. The summed E-state index contributed by atoms with van der Waals surface area (Å²) in [6, 6.07) is 11.3. The molecule has 6 nitrogen and oxygen atoms in total. The molecular formula is C20H20Cl2N6. The van der Waals surface area contributed by atoms with Gasteiger partial charge in [-0.1, -0.05) is 55.2 Å². The molecule has 0 bridgehead atoms. The molecule has 8 heteroatoms. The number of benzene rings is 1. The second-order valence-electron chi connectivity index (χ2n) is 6.48. The predicted octanol–water partition coefficient (Wildman–Crippen LogP) is 4.16. The summed E-state index contributed by atoms with van der Waals surface area (Å²) in [6.45, 7) is 7.23. The maximum absolute atomic E-state index is 6.46. The first-order valence-electron chi connectivity index (χ1n) is 9.24. The average molecular weight is 415 g/mol. The highest BCUT2D eigenvalue weighted by Crippen LogP contribution is 2.28. The van der Waals surface area contributed by atoms with E-state index >= 15 is 0 Å². The van der Waals surface area contributed by atoms with Crippen LogP contribution in [0.15, 0.2) is 41.4 Å². The van der Waals surface area contributed by atoms with Crippen molar-refractivity contribution in [2.24, 2.45) is 4.99 Å². The normalized spacial score (nSPS) is 13.1. The highest BCUT2D eigenvalue weighted by atomic mass is 35.5. The van der Waals surface area contributed by atoms with Crippen LogP contribution in [0.4, 0.5) is 0 Å². The molecule has 144 valence electrons. The molecule has 3 heterocycles. The Balaban J connectivity index is 1.89. The number of aliphatic imine (C=N–C) groups is 1. The topological polar surface area (TPSA) is 59.2 Å². The minimum atomic E-state index is 0.389. The maximum Gasteiger partial charge on any atom is 0.159 e. The molecule has 1 aliphatic heterocycles. The molecule has 1 aromatic carbocycles. The van der Waals surface area contributed by atoms with Crippen LogP contribution in [-0.2, 0) is 13.1 Å². The largest absolute Gasteiger partial charge is 0.296 e. The van der Waals surface area contributed by atoms with Gasteiger partial charge in [-0.2, -0.15) is 0 Å². The summed E-state index contributed by atoms with van der Waals surface area (Å²) in [5.41, 5.74) is 3.08. The summed E-state index contributed by atoms with van der Waals surface area (Å²) >= 11 is 12.7. The van der Waals surface area contributed by atoms with Crippen molar-refractivity contribution in [2.45, 2.75) is 26.9 Å². The molecule has 0 spiro atoms. The minimum absolute atomic E-state index is 0.389. The highest BCUT2D eigenvalue weighted by Gasteiger charge is 2.25. The van der Waals surface area contributed by atoms with E-state index in [0.29, 0.717) is 34.7 Å². The van der Waals surface area contributed by atoms with Crippen LogP contribution < -0.4 is 0 Å². The Hall–Kier alpha value is -2.28. The van der Waals surface area contributed by atoms with Gasteiger partial charge in [0.1, 0.15) is 17.4 Å².